The molecule has 5 heteroatoms. The monoisotopic (exact) mass is 328 g/mol. The summed E-state index contributed by atoms with van der Waals surface area (Å²) >= 11 is 1.71. The second-order valence-corrected chi connectivity index (χ2v) is 6.57. The van der Waals surface area contributed by atoms with Crippen LogP contribution in [0.1, 0.15) is 23.6 Å². The average Bonchev–Trinajstić information content (AvgIpc) is 3.22. The van der Waals surface area contributed by atoms with Gasteiger partial charge in [0.25, 0.3) is 0 Å². The molecule has 120 valence electrons. The van der Waals surface area contributed by atoms with Crippen LogP contribution in [0, 0.1) is 0 Å². The van der Waals surface area contributed by atoms with E-state index in [0.29, 0.717) is 6.54 Å². The van der Waals surface area contributed by atoms with Gasteiger partial charge in [0.15, 0.2) is 0 Å². The summed E-state index contributed by atoms with van der Waals surface area (Å²) in [6, 6.07) is 13.8. The van der Waals surface area contributed by atoms with Crippen molar-refractivity contribution >= 4 is 28.3 Å². The van der Waals surface area contributed by atoms with Crippen LogP contribution >= 0.6 is 11.3 Å². The van der Waals surface area contributed by atoms with Gasteiger partial charge in [-0.25, -0.2) is 4.79 Å². The van der Waals surface area contributed by atoms with E-state index in [1.54, 1.807) is 23.3 Å². The highest BCUT2D eigenvalue weighted by atomic mass is 32.1. The van der Waals surface area contributed by atoms with E-state index in [-0.39, 0.29) is 12.1 Å². The van der Waals surface area contributed by atoms with Crippen LogP contribution in [-0.4, -0.2) is 24.5 Å². The number of amides is 2. The molecule has 1 aromatic carbocycles. The smallest absolute Gasteiger partial charge is 0.317 e. The summed E-state index contributed by atoms with van der Waals surface area (Å²) in [5, 5.41) is 6.06. The highest BCUT2D eigenvalue weighted by Gasteiger charge is 2.20. The molecule has 1 atom stereocenters. The van der Waals surface area contributed by atoms with Gasteiger partial charge in [-0.05, 0) is 36.9 Å². The summed E-state index contributed by atoms with van der Waals surface area (Å²) in [6.45, 7) is 2.60. The predicted octanol–water partition coefficient (Wildman–Crippen LogP) is 4.44. The number of fused-ring (bicyclic) bond motifs is 1. The Morgan fingerprint density at radius 3 is 2.87 bits per heavy atom. The second-order valence-electron chi connectivity index (χ2n) is 5.53. The van der Waals surface area contributed by atoms with Gasteiger partial charge in [0, 0.05) is 23.9 Å². The second kappa shape index (κ2) is 6.87. The van der Waals surface area contributed by atoms with Crippen LogP contribution in [0.2, 0.25) is 0 Å². The number of furan rings is 1. The van der Waals surface area contributed by atoms with Crippen LogP contribution in [-0.2, 0) is 6.42 Å². The summed E-state index contributed by atoms with van der Waals surface area (Å²) in [5.74, 6) is 0.794. The van der Waals surface area contributed by atoms with E-state index in [1.807, 2.05) is 48.7 Å². The summed E-state index contributed by atoms with van der Waals surface area (Å²) in [5.41, 5.74) is 0.848. The van der Waals surface area contributed by atoms with E-state index >= 15 is 0 Å². The van der Waals surface area contributed by atoms with Crippen molar-refractivity contribution in [2.24, 2.45) is 0 Å². The SMILES string of the molecule is C[C@@H](c1cc2ccccc2o1)N(C)C(=O)NCCc1cccs1. The van der Waals surface area contributed by atoms with Crippen molar-refractivity contribution in [1.82, 2.24) is 10.2 Å². The molecular weight excluding hydrogens is 308 g/mol. The molecule has 0 unspecified atom stereocenters. The summed E-state index contributed by atoms with van der Waals surface area (Å²) in [7, 11) is 1.79. The Kier molecular flexibility index (Phi) is 4.67. The zero-order valence-electron chi connectivity index (χ0n) is 13.3. The highest BCUT2D eigenvalue weighted by molar-refractivity contribution is 7.09. The van der Waals surface area contributed by atoms with Crippen molar-refractivity contribution in [2.75, 3.05) is 13.6 Å². The lowest BCUT2D eigenvalue weighted by atomic mass is 10.2. The van der Waals surface area contributed by atoms with Crippen LogP contribution in [0.5, 0.6) is 0 Å². The van der Waals surface area contributed by atoms with E-state index in [1.165, 1.54) is 4.88 Å². The first kappa shape index (κ1) is 15.6. The van der Waals surface area contributed by atoms with E-state index < -0.39 is 0 Å². The van der Waals surface area contributed by atoms with Crippen LogP contribution < -0.4 is 5.32 Å². The third kappa shape index (κ3) is 3.56. The molecule has 1 N–H and O–H groups in total. The standard InChI is InChI=1S/C18H20N2O2S/c1-13(17-12-14-6-3-4-8-16(14)22-17)20(2)18(21)19-10-9-15-7-5-11-23-15/h3-8,11-13H,9-10H2,1-2H3,(H,19,21)/t13-/m0/s1. The zero-order valence-corrected chi connectivity index (χ0v) is 14.1. The minimum atomic E-state index is -0.121. The van der Waals surface area contributed by atoms with E-state index in [0.717, 1.165) is 23.2 Å². The first-order valence-electron chi connectivity index (χ1n) is 7.66. The Labute approximate surface area is 139 Å². The predicted molar refractivity (Wildman–Crippen MR) is 93.8 cm³/mol. The molecule has 3 rings (SSSR count). The number of carbonyl (C=O) groups excluding carboxylic acids is 1. The molecule has 0 aliphatic carbocycles. The number of nitrogens with zero attached hydrogens (tertiary/aromatic N) is 1. The Balaban J connectivity index is 1.59. The largest absolute Gasteiger partial charge is 0.459 e. The first-order chi connectivity index (χ1) is 11.1. The van der Waals surface area contributed by atoms with Crippen molar-refractivity contribution in [3.63, 3.8) is 0 Å². The van der Waals surface area contributed by atoms with Crippen LogP contribution in [0.25, 0.3) is 11.0 Å². The molecule has 2 heterocycles. The maximum absolute atomic E-state index is 12.3. The van der Waals surface area contributed by atoms with Crippen LogP contribution in [0.4, 0.5) is 4.79 Å². The Hall–Kier alpha value is -2.27. The molecule has 23 heavy (non-hydrogen) atoms. The Bertz CT molecular complexity index is 746. The fraction of sp³-hybridized carbons (Fsp3) is 0.278. The first-order valence-corrected chi connectivity index (χ1v) is 8.54. The number of nitrogens with one attached hydrogen (secondary N) is 1. The minimum absolute atomic E-state index is 0.0884. The van der Waals surface area contributed by atoms with Crippen molar-refractivity contribution in [2.45, 2.75) is 19.4 Å². The molecule has 2 aromatic heterocycles. The van der Waals surface area contributed by atoms with E-state index in [2.05, 4.69) is 11.4 Å². The zero-order chi connectivity index (χ0) is 16.2. The topological polar surface area (TPSA) is 45.5 Å². The molecule has 4 nitrogen and oxygen atoms in total. The number of para-hydroxylation sites is 1. The summed E-state index contributed by atoms with van der Waals surface area (Å²) in [6.07, 6.45) is 0.857. The third-order valence-corrected chi connectivity index (χ3v) is 4.92. The third-order valence-electron chi connectivity index (χ3n) is 3.99. The fourth-order valence-corrected chi connectivity index (χ4v) is 3.16. The van der Waals surface area contributed by atoms with Gasteiger partial charge in [-0.1, -0.05) is 24.3 Å². The van der Waals surface area contributed by atoms with Gasteiger partial charge in [0.1, 0.15) is 11.3 Å². The lowest BCUT2D eigenvalue weighted by molar-refractivity contribution is 0.188. The average molecular weight is 328 g/mol. The molecule has 0 spiro atoms. The molecule has 2 amide bonds. The molecule has 0 saturated carbocycles. The van der Waals surface area contributed by atoms with Gasteiger partial charge in [-0.2, -0.15) is 0 Å². The highest BCUT2D eigenvalue weighted by Crippen LogP contribution is 2.26. The molecule has 0 radical (unpaired) electrons. The number of hydrogen-bond acceptors (Lipinski definition) is 3. The normalized spacial score (nSPS) is 12.3. The summed E-state index contributed by atoms with van der Waals surface area (Å²) in [4.78, 5) is 15.2. The molecule has 3 aromatic rings. The van der Waals surface area contributed by atoms with Gasteiger partial charge < -0.3 is 14.6 Å². The van der Waals surface area contributed by atoms with Crippen molar-refractivity contribution in [3.8, 4) is 0 Å². The molecular formula is C18H20N2O2S. The number of thiophene rings is 1. The number of hydrogen-bond donors (Lipinski definition) is 1. The van der Waals surface area contributed by atoms with Crippen molar-refractivity contribution < 1.29 is 9.21 Å². The van der Waals surface area contributed by atoms with Gasteiger partial charge in [-0.15, -0.1) is 11.3 Å². The van der Waals surface area contributed by atoms with Crippen molar-refractivity contribution in [3.05, 3.63) is 58.5 Å². The van der Waals surface area contributed by atoms with Crippen LogP contribution in [0.3, 0.4) is 0 Å². The minimum Gasteiger partial charge on any atom is -0.459 e. The van der Waals surface area contributed by atoms with Gasteiger partial charge >= 0.3 is 6.03 Å². The lowest BCUT2D eigenvalue weighted by Gasteiger charge is -2.23. The number of rotatable bonds is 5. The van der Waals surface area contributed by atoms with Gasteiger partial charge in [0.05, 0.1) is 6.04 Å². The quantitative estimate of drug-likeness (QED) is 0.752. The lowest BCUT2D eigenvalue weighted by Crippen LogP contribution is -2.39. The molecule has 0 aliphatic heterocycles. The Morgan fingerprint density at radius 1 is 1.30 bits per heavy atom. The van der Waals surface area contributed by atoms with Crippen molar-refractivity contribution in [1.29, 1.82) is 0 Å². The Morgan fingerprint density at radius 2 is 2.13 bits per heavy atom. The number of benzene rings is 1. The molecule has 0 saturated heterocycles. The fourth-order valence-electron chi connectivity index (χ4n) is 2.45. The van der Waals surface area contributed by atoms with Crippen LogP contribution in [0.15, 0.2) is 52.3 Å². The maximum atomic E-state index is 12.3. The molecule has 0 bridgehead atoms. The molecule has 0 fully saturated rings. The van der Waals surface area contributed by atoms with E-state index in [4.69, 9.17) is 4.42 Å². The molecule has 0 aliphatic rings. The van der Waals surface area contributed by atoms with Gasteiger partial charge in [0.2, 0.25) is 0 Å². The maximum Gasteiger partial charge on any atom is 0.317 e. The number of urea groups is 1. The summed E-state index contributed by atoms with van der Waals surface area (Å²) < 4.78 is 5.84. The number of carbonyl (C=O) groups is 1. The van der Waals surface area contributed by atoms with Gasteiger partial charge in [-0.3, -0.25) is 0 Å². The van der Waals surface area contributed by atoms with E-state index in [9.17, 15) is 4.79 Å².